The number of amides is 1. The molecule has 1 saturated heterocycles. The predicted octanol–water partition coefficient (Wildman–Crippen LogP) is 1.87. The number of hydrogen-bond donors (Lipinski definition) is 1. The lowest BCUT2D eigenvalue weighted by Gasteiger charge is -2.36. The summed E-state index contributed by atoms with van der Waals surface area (Å²) < 4.78 is 7.50. The van der Waals surface area contributed by atoms with Crippen LogP contribution in [0.25, 0.3) is 0 Å². The van der Waals surface area contributed by atoms with Gasteiger partial charge in [-0.15, -0.1) is 0 Å². The molecule has 0 bridgehead atoms. The Morgan fingerprint density at radius 2 is 2.24 bits per heavy atom. The van der Waals surface area contributed by atoms with E-state index in [2.05, 4.69) is 4.98 Å². The predicted molar refractivity (Wildman–Crippen MR) is 92.1 cm³/mol. The van der Waals surface area contributed by atoms with Gasteiger partial charge in [-0.05, 0) is 18.9 Å². The minimum atomic E-state index is -0.650. The minimum Gasteiger partial charge on any atom is -0.492 e. The number of likely N-dealkylation sites (tertiary alicyclic amines) is 1. The largest absolute Gasteiger partial charge is 0.492 e. The first-order valence-corrected chi connectivity index (χ1v) is 8.81. The number of aliphatic hydroxyl groups excluding tert-OH is 1. The summed E-state index contributed by atoms with van der Waals surface area (Å²) in [6, 6.07) is 7.74. The first-order chi connectivity index (χ1) is 12.1. The molecule has 2 aliphatic heterocycles. The first kappa shape index (κ1) is 16.1. The summed E-state index contributed by atoms with van der Waals surface area (Å²) in [4.78, 5) is 19.2. The highest BCUT2D eigenvalue weighted by Crippen LogP contribution is 2.36. The third kappa shape index (κ3) is 2.91. The third-order valence-corrected chi connectivity index (χ3v) is 5.34. The van der Waals surface area contributed by atoms with Crippen LogP contribution in [0.1, 0.15) is 36.3 Å². The topological polar surface area (TPSA) is 67.6 Å². The molecule has 4 rings (SSSR count). The maximum atomic E-state index is 13.0. The lowest BCUT2D eigenvalue weighted by Crippen LogP contribution is -2.44. The highest BCUT2D eigenvalue weighted by atomic mass is 16.5. The number of rotatable bonds is 3. The zero-order valence-corrected chi connectivity index (χ0v) is 14.3. The SMILES string of the molecule is Cn1ccnc1C(O)C1CCCN(C(=O)C2COc3ccccc32)C1. The van der Waals surface area contributed by atoms with Gasteiger partial charge < -0.3 is 19.3 Å². The van der Waals surface area contributed by atoms with Crippen molar-refractivity contribution in [3.8, 4) is 5.75 Å². The van der Waals surface area contributed by atoms with Crippen molar-refractivity contribution < 1.29 is 14.6 Å². The zero-order valence-electron chi connectivity index (χ0n) is 14.3. The van der Waals surface area contributed by atoms with Gasteiger partial charge in [0.25, 0.3) is 0 Å². The number of hydrogen-bond acceptors (Lipinski definition) is 4. The molecule has 132 valence electrons. The van der Waals surface area contributed by atoms with Crippen LogP contribution in [0.2, 0.25) is 0 Å². The Hall–Kier alpha value is -2.34. The van der Waals surface area contributed by atoms with E-state index < -0.39 is 6.10 Å². The molecule has 0 saturated carbocycles. The van der Waals surface area contributed by atoms with E-state index in [1.807, 2.05) is 47.0 Å². The summed E-state index contributed by atoms with van der Waals surface area (Å²) in [5.74, 6) is 1.34. The molecule has 6 nitrogen and oxygen atoms in total. The van der Waals surface area contributed by atoms with Crippen LogP contribution in [0.15, 0.2) is 36.7 Å². The Bertz CT molecular complexity index is 773. The maximum Gasteiger partial charge on any atom is 0.233 e. The average molecular weight is 341 g/mol. The van der Waals surface area contributed by atoms with Crippen molar-refractivity contribution in [3.63, 3.8) is 0 Å². The number of carbonyl (C=O) groups excluding carboxylic acids is 1. The van der Waals surface area contributed by atoms with Crippen molar-refractivity contribution in [1.82, 2.24) is 14.5 Å². The van der Waals surface area contributed by atoms with Crippen molar-refractivity contribution in [1.29, 1.82) is 0 Å². The van der Waals surface area contributed by atoms with Crippen molar-refractivity contribution in [3.05, 3.63) is 48.0 Å². The van der Waals surface area contributed by atoms with Crippen molar-refractivity contribution >= 4 is 5.91 Å². The summed E-state index contributed by atoms with van der Waals surface area (Å²) in [6.45, 7) is 1.70. The van der Waals surface area contributed by atoms with Crippen LogP contribution in [0.4, 0.5) is 0 Å². The number of para-hydroxylation sites is 1. The number of fused-ring (bicyclic) bond motifs is 1. The van der Waals surface area contributed by atoms with Crippen LogP contribution >= 0.6 is 0 Å². The molecule has 1 aromatic heterocycles. The second kappa shape index (κ2) is 6.52. The summed E-state index contributed by atoms with van der Waals surface area (Å²) in [5, 5.41) is 10.7. The van der Waals surface area contributed by atoms with Gasteiger partial charge in [0.05, 0.1) is 0 Å². The van der Waals surface area contributed by atoms with Gasteiger partial charge in [-0.3, -0.25) is 4.79 Å². The monoisotopic (exact) mass is 341 g/mol. The third-order valence-electron chi connectivity index (χ3n) is 5.34. The number of ether oxygens (including phenoxy) is 1. The number of imidazole rings is 1. The Labute approximate surface area is 147 Å². The van der Waals surface area contributed by atoms with E-state index in [0.29, 0.717) is 19.0 Å². The Morgan fingerprint density at radius 1 is 1.40 bits per heavy atom. The van der Waals surface area contributed by atoms with Crippen molar-refractivity contribution in [2.24, 2.45) is 13.0 Å². The molecule has 0 spiro atoms. The van der Waals surface area contributed by atoms with E-state index in [-0.39, 0.29) is 17.7 Å². The van der Waals surface area contributed by atoms with Gasteiger partial charge in [-0.2, -0.15) is 0 Å². The standard InChI is InChI=1S/C19H23N3O3/c1-21-10-8-20-18(21)17(23)13-5-4-9-22(11-13)19(24)15-12-25-16-7-3-2-6-14(15)16/h2-3,6-8,10,13,15,17,23H,4-5,9,11-12H2,1H3. The summed E-state index contributed by atoms with van der Waals surface area (Å²) >= 11 is 0. The highest BCUT2D eigenvalue weighted by molar-refractivity contribution is 5.85. The molecule has 1 N–H and O–H groups in total. The van der Waals surface area contributed by atoms with Crippen LogP contribution in [-0.2, 0) is 11.8 Å². The van der Waals surface area contributed by atoms with Gasteiger partial charge in [-0.25, -0.2) is 4.98 Å². The average Bonchev–Trinajstić information content (AvgIpc) is 3.27. The van der Waals surface area contributed by atoms with E-state index in [4.69, 9.17) is 4.74 Å². The molecule has 2 aromatic rings. The summed E-state index contributed by atoms with van der Waals surface area (Å²) in [6.07, 6.45) is 4.67. The van der Waals surface area contributed by atoms with Gasteiger partial charge >= 0.3 is 0 Å². The molecule has 1 amide bonds. The molecule has 1 aromatic carbocycles. The van der Waals surface area contributed by atoms with Crippen LogP contribution in [0, 0.1) is 5.92 Å². The van der Waals surface area contributed by atoms with Gasteiger partial charge in [0.15, 0.2) is 0 Å². The highest BCUT2D eigenvalue weighted by Gasteiger charge is 2.37. The fraction of sp³-hybridized carbons (Fsp3) is 0.474. The molecule has 0 radical (unpaired) electrons. The first-order valence-electron chi connectivity index (χ1n) is 8.81. The summed E-state index contributed by atoms with van der Waals surface area (Å²) in [7, 11) is 1.88. The quantitative estimate of drug-likeness (QED) is 0.925. The lowest BCUT2D eigenvalue weighted by atomic mass is 9.90. The Balaban J connectivity index is 1.48. The number of piperidine rings is 1. The molecular weight excluding hydrogens is 318 g/mol. The molecule has 6 heteroatoms. The van der Waals surface area contributed by atoms with E-state index >= 15 is 0 Å². The van der Waals surface area contributed by atoms with Crippen LogP contribution < -0.4 is 4.74 Å². The number of benzene rings is 1. The number of aliphatic hydroxyl groups is 1. The zero-order chi connectivity index (χ0) is 17.4. The second-order valence-corrected chi connectivity index (χ2v) is 6.93. The minimum absolute atomic E-state index is 0.0105. The Morgan fingerprint density at radius 3 is 3.04 bits per heavy atom. The fourth-order valence-corrected chi connectivity index (χ4v) is 3.93. The fourth-order valence-electron chi connectivity index (χ4n) is 3.93. The lowest BCUT2D eigenvalue weighted by molar-refractivity contribution is -0.135. The smallest absolute Gasteiger partial charge is 0.233 e. The van der Waals surface area contributed by atoms with Crippen LogP contribution in [0.5, 0.6) is 5.75 Å². The van der Waals surface area contributed by atoms with Gasteiger partial charge in [-0.1, -0.05) is 18.2 Å². The molecule has 2 aliphatic rings. The summed E-state index contributed by atoms with van der Waals surface area (Å²) in [5.41, 5.74) is 0.972. The van der Waals surface area contributed by atoms with Crippen molar-refractivity contribution in [2.75, 3.05) is 19.7 Å². The number of aryl methyl sites for hydroxylation is 1. The van der Waals surface area contributed by atoms with Gasteiger partial charge in [0.1, 0.15) is 30.2 Å². The van der Waals surface area contributed by atoms with Crippen molar-refractivity contribution in [2.45, 2.75) is 24.9 Å². The van der Waals surface area contributed by atoms with Crippen LogP contribution in [-0.4, -0.2) is 45.2 Å². The Kier molecular flexibility index (Phi) is 4.21. The maximum absolute atomic E-state index is 13.0. The van der Waals surface area contributed by atoms with E-state index in [0.717, 1.165) is 30.7 Å². The molecule has 0 aliphatic carbocycles. The van der Waals surface area contributed by atoms with E-state index in [1.54, 1.807) is 6.20 Å². The van der Waals surface area contributed by atoms with E-state index in [1.165, 1.54) is 0 Å². The normalized spacial score (nSPS) is 23.8. The van der Waals surface area contributed by atoms with E-state index in [9.17, 15) is 9.90 Å². The molecule has 3 atom stereocenters. The molecule has 3 heterocycles. The molecule has 25 heavy (non-hydrogen) atoms. The molecule has 3 unspecified atom stereocenters. The van der Waals surface area contributed by atoms with Crippen LogP contribution in [0.3, 0.4) is 0 Å². The number of carbonyl (C=O) groups is 1. The molecular formula is C19H23N3O3. The molecule has 1 fully saturated rings. The van der Waals surface area contributed by atoms with Gasteiger partial charge in [0, 0.05) is 44.0 Å². The van der Waals surface area contributed by atoms with Gasteiger partial charge in [0.2, 0.25) is 5.91 Å². The number of aromatic nitrogens is 2. The second-order valence-electron chi connectivity index (χ2n) is 6.93. The number of nitrogens with zero attached hydrogens (tertiary/aromatic N) is 3.